The second-order valence-electron chi connectivity index (χ2n) is 10.7. The molecule has 2 aromatic carbocycles. The number of benzene rings is 2. The minimum atomic E-state index is -1.00. The number of aryl methyl sites for hydroxylation is 2. The Balaban J connectivity index is 2.00. The summed E-state index contributed by atoms with van der Waals surface area (Å²) in [7, 11) is 0. The van der Waals surface area contributed by atoms with Gasteiger partial charge in [0, 0.05) is 11.7 Å². The van der Waals surface area contributed by atoms with Gasteiger partial charge < -0.3 is 25.4 Å². The number of aromatic hydroxyl groups is 1. The molecule has 3 N–H and O–H groups in total. The molecule has 206 valence electrons. The number of alkyl carbamates (subject to hydrolysis) is 1. The maximum atomic E-state index is 14.1. The Kier molecular flexibility index (Phi) is 9.71. The second-order valence-corrected chi connectivity index (χ2v) is 11.7. The van der Waals surface area contributed by atoms with Crippen LogP contribution in [0.5, 0.6) is 5.75 Å². The molecule has 0 bridgehead atoms. The lowest BCUT2D eigenvalue weighted by atomic mass is 10.0. The Bertz CT molecular complexity index is 1140. The van der Waals surface area contributed by atoms with Crippen LogP contribution in [0.4, 0.5) is 10.5 Å². The number of para-hydroxylation sites is 1. The van der Waals surface area contributed by atoms with Crippen LogP contribution in [0.15, 0.2) is 42.5 Å². The van der Waals surface area contributed by atoms with Crippen molar-refractivity contribution in [1.82, 2.24) is 10.2 Å². The average Bonchev–Trinajstić information content (AvgIpc) is 3.66. The smallest absolute Gasteiger partial charge is 0.408 e. The Morgan fingerprint density at radius 2 is 1.74 bits per heavy atom. The molecule has 2 atom stereocenters. The van der Waals surface area contributed by atoms with Crippen molar-refractivity contribution in [3.63, 3.8) is 0 Å². The molecule has 2 unspecified atom stereocenters. The van der Waals surface area contributed by atoms with E-state index in [-0.39, 0.29) is 23.6 Å². The monoisotopic (exact) mass is 541 g/mol. The van der Waals surface area contributed by atoms with Gasteiger partial charge in [-0.1, -0.05) is 30.3 Å². The van der Waals surface area contributed by atoms with E-state index in [0.717, 1.165) is 24.0 Å². The number of ether oxygens (including phenoxy) is 1. The summed E-state index contributed by atoms with van der Waals surface area (Å²) in [6.07, 6.45) is 3.13. The number of carbonyl (C=O) groups excluding carboxylic acids is 3. The Morgan fingerprint density at radius 1 is 1.11 bits per heavy atom. The van der Waals surface area contributed by atoms with Crippen LogP contribution in [0, 0.1) is 13.8 Å². The fourth-order valence-corrected chi connectivity index (χ4v) is 4.80. The van der Waals surface area contributed by atoms with Crippen molar-refractivity contribution in [1.29, 1.82) is 0 Å². The second kappa shape index (κ2) is 12.6. The fourth-order valence-electron chi connectivity index (χ4n) is 4.33. The van der Waals surface area contributed by atoms with Gasteiger partial charge in [-0.15, -0.1) is 0 Å². The van der Waals surface area contributed by atoms with Gasteiger partial charge in [0.05, 0.1) is 0 Å². The van der Waals surface area contributed by atoms with Gasteiger partial charge in [0.2, 0.25) is 5.91 Å². The van der Waals surface area contributed by atoms with E-state index in [1.54, 1.807) is 49.6 Å². The zero-order valence-corrected chi connectivity index (χ0v) is 23.9. The van der Waals surface area contributed by atoms with Crippen LogP contribution in [0.1, 0.15) is 62.8 Å². The highest BCUT2D eigenvalue weighted by atomic mass is 32.2. The van der Waals surface area contributed by atoms with Crippen LogP contribution in [0.25, 0.3) is 0 Å². The van der Waals surface area contributed by atoms with Crippen molar-refractivity contribution in [3.05, 3.63) is 59.2 Å². The molecule has 0 spiro atoms. The Morgan fingerprint density at radius 3 is 2.29 bits per heavy atom. The van der Waals surface area contributed by atoms with E-state index in [4.69, 9.17) is 4.74 Å². The molecule has 0 radical (unpaired) electrons. The number of anilines is 1. The fraction of sp³-hybridized carbons (Fsp3) is 0.483. The first kappa shape index (κ1) is 29.4. The molecule has 8 nitrogen and oxygen atoms in total. The molecule has 9 heteroatoms. The minimum Gasteiger partial charge on any atom is -0.508 e. The number of thioether (sulfide) groups is 1. The number of hydrogen-bond acceptors (Lipinski definition) is 6. The molecule has 1 saturated carbocycles. The Labute approximate surface area is 229 Å². The molecule has 3 rings (SSSR count). The van der Waals surface area contributed by atoms with Gasteiger partial charge >= 0.3 is 6.09 Å². The zero-order valence-electron chi connectivity index (χ0n) is 23.0. The van der Waals surface area contributed by atoms with Crippen molar-refractivity contribution in [2.75, 3.05) is 17.3 Å². The van der Waals surface area contributed by atoms with E-state index in [1.165, 1.54) is 12.1 Å². The van der Waals surface area contributed by atoms with Gasteiger partial charge in [0.15, 0.2) is 0 Å². The quantitative estimate of drug-likeness (QED) is 0.375. The number of nitrogens with one attached hydrogen (secondary N) is 2. The predicted octanol–water partition coefficient (Wildman–Crippen LogP) is 5.33. The van der Waals surface area contributed by atoms with Gasteiger partial charge in [0.1, 0.15) is 23.4 Å². The summed E-state index contributed by atoms with van der Waals surface area (Å²) in [5.74, 6) is -0.0938. The van der Waals surface area contributed by atoms with E-state index < -0.39 is 23.8 Å². The van der Waals surface area contributed by atoms with Gasteiger partial charge in [-0.05, 0) is 94.7 Å². The van der Waals surface area contributed by atoms with Gasteiger partial charge in [-0.3, -0.25) is 9.59 Å². The minimum absolute atomic E-state index is 0.00128. The van der Waals surface area contributed by atoms with Crippen LogP contribution >= 0.6 is 11.8 Å². The molecule has 0 aliphatic heterocycles. The molecule has 0 aromatic heterocycles. The SMILES string of the molecule is CSCCC(NC(=O)OC(C)(C)C)C(=O)N(C1CC1)C(C(=O)Nc1c(C)cccc1C)c1cccc(O)c1. The van der Waals surface area contributed by atoms with Crippen LogP contribution in [-0.4, -0.2) is 57.6 Å². The summed E-state index contributed by atoms with van der Waals surface area (Å²) < 4.78 is 5.43. The highest BCUT2D eigenvalue weighted by Crippen LogP contribution is 2.37. The van der Waals surface area contributed by atoms with Gasteiger partial charge in [-0.2, -0.15) is 11.8 Å². The lowest BCUT2D eigenvalue weighted by Crippen LogP contribution is -2.53. The third kappa shape index (κ3) is 7.90. The summed E-state index contributed by atoms with van der Waals surface area (Å²) in [5.41, 5.74) is 2.28. The van der Waals surface area contributed by atoms with E-state index in [2.05, 4.69) is 10.6 Å². The van der Waals surface area contributed by atoms with E-state index in [0.29, 0.717) is 23.4 Å². The Hall–Kier alpha value is -3.20. The van der Waals surface area contributed by atoms with E-state index in [1.807, 2.05) is 38.3 Å². The van der Waals surface area contributed by atoms with Gasteiger partial charge in [0.25, 0.3) is 5.91 Å². The first-order valence-corrected chi connectivity index (χ1v) is 14.3. The average molecular weight is 542 g/mol. The lowest BCUT2D eigenvalue weighted by Gasteiger charge is -2.35. The normalized spacial score (nSPS) is 14.8. The van der Waals surface area contributed by atoms with Crippen molar-refractivity contribution in [2.45, 2.75) is 77.6 Å². The first-order chi connectivity index (χ1) is 17.9. The molecule has 3 amide bonds. The molecule has 38 heavy (non-hydrogen) atoms. The largest absolute Gasteiger partial charge is 0.508 e. The molecule has 1 aliphatic rings. The van der Waals surface area contributed by atoms with Crippen LogP contribution in [0.3, 0.4) is 0 Å². The first-order valence-electron chi connectivity index (χ1n) is 12.9. The number of hydrogen-bond donors (Lipinski definition) is 3. The molecule has 1 aliphatic carbocycles. The highest BCUT2D eigenvalue weighted by molar-refractivity contribution is 7.98. The van der Waals surface area contributed by atoms with Crippen molar-refractivity contribution in [3.8, 4) is 5.75 Å². The number of rotatable bonds is 10. The summed E-state index contributed by atoms with van der Waals surface area (Å²) in [6.45, 7) is 9.12. The number of phenols is 1. The molecule has 2 aromatic rings. The maximum Gasteiger partial charge on any atom is 0.408 e. The van der Waals surface area contributed by atoms with Crippen molar-refractivity contribution >= 4 is 35.4 Å². The van der Waals surface area contributed by atoms with Gasteiger partial charge in [-0.25, -0.2) is 4.79 Å². The maximum absolute atomic E-state index is 14.1. The van der Waals surface area contributed by atoms with E-state index >= 15 is 0 Å². The van der Waals surface area contributed by atoms with Crippen LogP contribution in [-0.2, 0) is 14.3 Å². The highest BCUT2D eigenvalue weighted by Gasteiger charge is 2.44. The predicted molar refractivity (Wildman–Crippen MR) is 151 cm³/mol. The van der Waals surface area contributed by atoms with Crippen molar-refractivity contribution < 1.29 is 24.2 Å². The summed E-state index contributed by atoms with van der Waals surface area (Å²) in [5, 5.41) is 16.0. The summed E-state index contributed by atoms with van der Waals surface area (Å²) in [4.78, 5) is 42.3. The third-order valence-corrected chi connectivity index (χ3v) is 6.88. The molecular weight excluding hydrogens is 502 g/mol. The zero-order chi connectivity index (χ0) is 28.0. The number of carbonyl (C=O) groups is 3. The molecule has 0 saturated heterocycles. The van der Waals surface area contributed by atoms with Crippen LogP contribution < -0.4 is 10.6 Å². The topological polar surface area (TPSA) is 108 Å². The third-order valence-electron chi connectivity index (χ3n) is 6.24. The standard InChI is InChI=1S/C29H39N3O5S/c1-18-9-7-10-19(2)24(18)31-26(34)25(20-11-8-12-22(33)17-20)32(21-13-14-21)27(35)23(15-16-38-6)30-28(36)37-29(3,4)5/h7-12,17,21,23,25,33H,13-16H2,1-6H3,(H,30,36)(H,31,34). The van der Waals surface area contributed by atoms with Crippen molar-refractivity contribution in [2.24, 2.45) is 0 Å². The summed E-state index contributed by atoms with van der Waals surface area (Å²) in [6, 6.07) is 10.1. The number of phenolic OH excluding ortho intramolecular Hbond substituents is 1. The summed E-state index contributed by atoms with van der Waals surface area (Å²) >= 11 is 1.57. The van der Waals surface area contributed by atoms with Crippen LogP contribution in [0.2, 0.25) is 0 Å². The molecule has 0 heterocycles. The molecule has 1 fully saturated rings. The number of amides is 3. The lowest BCUT2D eigenvalue weighted by molar-refractivity contribution is -0.141. The molecular formula is C29H39N3O5S. The van der Waals surface area contributed by atoms with E-state index in [9.17, 15) is 19.5 Å². The number of nitrogens with zero attached hydrogens (tertiary/aromatic N) is 1.